The fourth-order valence-corrected chi connectivity index (χ4v) is 7.68. The van der Waals surface area contributed by atoms with Crippen molar-refractivity contribution in [1.29, 1.82) is 0 Å². The van der Waals surface area contributed by atoms with Crippen molar-refractivity contribution >= 4 is 19.8 Å². The van der Waals surface area contributed by atoms with Gasteiger partial charge in [0.05, 0.1) is 25.4 Å². The average molecular weight is 896 g/mol. The topological polar surface area (TPSA) is 188 Å². The molecule has 1 rings (SSSR count). The zero-order valence-electron chi connectivity index (χ0n) is 39.0. The predicted octanol–water partition coefficient (Wildman–Crippen LogP) is 11.3. The summed E-state index contributed by atoms with van der Waals surface area (Å²) in [7, 11) is -4.47. The van der Waals surface area contributed by atoms with Crippen LogP contribution >= 0.6 is 7.82 Å². The Bertz CT molecular complexity index is 1420. The fourth-order valence-electron chi connectivity index (χ4n) is 6.92. The molecule has 3 unspecified atom stereocenters. The Morgan fingerprint density at radius 1 is 0.661 bits per heavy atom. The van der Waals surface area contributed by atoms with Crippen molar-refractivity contribution in [2.75, 3.05) is 26.4 Å². The van der Waals surface area contributed by atoms with Crippen molar-refractivity contribution in [3.05, 3.63) is 59.1 Å². The Morgan fingerprint density at radius 2 is 1.19 bits per heavy atom. The lowest BCUT2D eigenvalue weighted by Crippen LogP contribution is -2.30. The third-order valence-corrected chi connectivity index (χ3v) is 11.9. The molecule has 5 N–H and O–H groups in total. The Kier molecular flexibility index (Phi) is 35.0. The van der Waals surface area contributed by atoms with E-state index in [1.54, 1.807) is 0 Å². The first kappa shape index (κ1) is 57.4. The molecule has 0 spiro atoms. The lowest BCUT2D eigenvalue weighted by atomic mass is 10.0. The summed E-state index contributed by atoms with van der Waals surface area (Å²) in [5.74, 6) is 1.22. The van der Waals surface area contributed by atoms with Crippen LogP contribution in [0.15, 0.2) is 40.9 Å². The molecule has 0 aliphatic rings. The minimum absolute atomic E-state index is 0.00270. The highest BCUT2D eigenvalue weighted by Gasteiger charge is 2.26. The monoisotopic (exact) mass is 896 g/mol. The highest BCUT2D eigenvalue weighted by atomic mass is 31.2. The zero-order chi connectivity index (χ0) is 45.7. The highest BCUT2D eigenvalue weighted by Crippen LogP contribution is 2.43. The summed E-state index contributed by atoms with van der Waals surface area (Å²) < 4.78 is 38.9. The number of aliphatic hydroxyl groups is 2. The maximum absolute atomic E-state index is 12.7. The molecule has 1 aromatic rings. The van der Waals surface area contributed by atoms with Gasteiger partial charge in [-0.25, -0.2) is 4.57 Å². The lowest BCUT2D eigenvalue weighted by Gasteiger charge is -2.20. The van der Waals surface area contributed by atoms with Gasteiger partial charge in [0.15, 0.2) is 6.10 Å². The molecule has 1 aromatic heterocycles. The summed E-state index contributed by atoms with van der Waals surface area (Å²) in [4.78, 5) is 35.1. The molecular weight excluding hydrogens is 810 g/mol. The second-order valence-corrected chi connectivity index (χ2v) is 18.0. The van der Waals surface area contributed by atoms with Gasteiger partial charge in [0, 0.05) is 32.2 Å². The van der Waals surface area contributed by atoms with Crippen molar-refractivity contribution in [3.8, 4) is 0 Å². The van der Waals surface area contributed by atoms with Crippen LogP contribution in [0.25, 0.3) is 0 Å². The maximum Gasteiger partial charge on any atom is 0.472 e. The van der Waals surface area contributed by atoms with Crippen LogP contribution in [-0.4, -0.2) is 71.7 Å². The summed E-state index contributed by atoms with van der Waals surface area (Å²) in [6, 6.07) is 0. The maximum atomic E-state index is 12.7. The Balaban J connectivity index is 2.31. The third-order valence-electron chi connectivity index (χ3n) is 10.9. The summed E-state index contributed by atoms with van der Waals surface area (Å²) in [5.41, 5.74) is 8.01. The van der Waals surface area contributed by atoms with Crippen molar-refractivity contribution < 1.29 is 52.2 Å². The first-order chi connectivity index (χ1) is 29.9. The molecule has 1 heterocycles. The number of esters is 2. The van der Waals surface area contributed by atoms with Crippen LogP contribution < -0.4 is 5.73 Å². The van der Waals surface area contributed by atoms with Crippen LogP contribution in [0.1, 0.15) is 191 Å². The van der Waals surface area contributed by atoms with Gasteiger partial charge < -0.3 is 34.7 Å². The van der Waals surface area contributed by atoms with Gasteiger partial charge in [-0.15, -0.1) is 0 Å². The molecule has 13 heteroatoms. The second kappa shape index (κ2) is 37.8. The number of aryl methyl sites for hydroxylation is 2. The molecule has 0 aliphatic carbocycles. The Hall–Kier alpha value is -2.57. The third kappa shape index (κ3) is 30.5. The van der Waals surface area contributed by atoms with Crippen molar-refractivity contribution in [1.82, 2.24) is 0 Å². The van der Waals surface area contributed by atoms with Gasteiger partial charge in [0.2, 0.25) is 0 Å². The van der Waals surface area contributed by atoms with E-state index in [-0.39, 0.29) is 51.9 Å². The van der Waals surface area contributed by atoms with Gasteiger partial charge in [-0.1, -0.05) is 127 Å². The van der Waals surface area contributed by atoms with E-state index < -0.39 is 44.7 Å². The number of unbranched alkanes of at least 4 members (excludes halogenated alkanes) is 14. The van der Waals surface area contributed by atoms with E-state index in [2.05, 4.69) is 52.0 Å². The van der Waals surface area contributed by atoms with E-state index in [0.717, 1.165) is 57.8 Å². The van der Waals surface area contributed by atoms with E-state index in [4.69, 9.17) is 28.7 Å². The number of aliphatic hydroxyl groups excluding tert-OH is 2. The number of ether oxygens (including phenoxy) is 2. The number of nitrogens with two attached hydrogens (primary N) is 1. The number of furan rings is 1. The molecule has 0 aromatic carbocycles. The van der Waals surface area contributed by atoms with Crippen LogP contribution in [0.2, 0.25) is 0 Å². The molecule has 62 heavy (non-hydrogen) atoms. The number of phosphoric acid groups is 1. The molecular formula is C49H86NO11P. The largest absolute Gasteiger partial charge is 0.472 e. The molecule has 0 saturated heterocycles. The van der Waals surface area contributed by atoms with E-state index >= 15 is 0 Å². The molecule has 0 bridgehead atoms. The standard InChI is InChI=1S/C49H86NO11P/c1-5-7-9-10-11-12-13-14-17-20-23-27-31-44(51)45(52)32-30-36-49(54)60-43(40-59-62(55,56)58-38-37-50)39-57-48(53)35-29-25-22-19-16-15-18-21-24-28-34-47-42(4)41(3)46(61-47)33-26-8-6-2/h11-12,14,17,23,27,43-45,51-52H,5-10,13,15-16,18-22,24-26,28-40,50H2,1-4H3,(H,55,56)/b12-11-,17-14-,27-23-/t43-,44?,45?/m1/s1. The van der Waals surface area contributed by atoms with E-state index in [1.165, 1.54) is 93.3 Å². The van der Waals surface area contributed by atoms with Crippen molar-refractivity contribution in [2.24, 2.45) is 5.73 Å². The molecule has 0 saturated carbocycles. The number of carbonyl (C=O) groups excluding carboxylic acids is 2. The van der Waals surface area contributed by atoms with E-state index in [0.29, 0.717) is 6.42 Å². The van der Waals surface area contributed by atoms with E-state index in [1.807, 2.05) is 12.2 Å². The molecule has 4 atom stereocenters. The Morgan fingerprint density at radius 3 is 1.81 bits per heavy atom. The van der Waals surface area contributed by atoms with Gasteiger partial charge in [-0.05, 0) is 89.2 Å². The van der Waals surface area contributed by atoms with Gasteiger partial charge in [-0.3, -0.25) is 18.6 Å². The first-order valence-corrected chi connectivity index (χ1v) is 25.5. The lowest BCUT2D eigenvalue weighted by molar-refractivity contribution is -0.161. The molecule has 0 radical (unpaired) electrons. The molecule has 0 amide bonds. The fraction of sp³-hybridized carbons (Fsp3) is 0.755. The smallest absolute Gasteiger partial charge is 0.466 e. The van der Waals surface area contributed by atoms with Gasteiger partial charge >= 0.3 is 19.8 Å². The number of carbonyl (C=O) groups is 2. The minimum atomic E-state index is -4.47. The van der Waals surface area contributed by atoms with Crippen LogP contribution in [0.4, 0.5) is 0 Å². The molecule has 0 fully saturated rings. The van der Waals surface area contributed by atoms with Crippen LogP contribution in [0.3, 0.4) is 0 Å². The predicted molar refractivity (Wildman–Crippen MR) is 249 cm³/mol. The summed E-state index contributed by atoms with van der Waals surface area (Å²) in [6.45, 7) is 7.69. The Labute approximate surface area is 375 Å². The van der Waals surface area contributed by atoms with Gasteiger partial charge in [-0.2, -0.15) is 0 Å². The number of phosphoric ester groups is 1. The summed E-state index contributed by atoms with van der Waals surface area (Å²) in [5, 5.41) is 20.8. The summed E-state index contributed by atoms with van der Waals surface area (Å²) >= 11 is 0. The number of hydrogen-bond donors (Lipinski definition) is 4. The molecule has 358 valence electrons. The second-order valence-electron chi connectivity index (χ2n) is 16.5. The average Bonchev–Trinajstić information content (AvgIpc) is 3.52. The van der Waals surface area contributed by atoms with Gasteiger partial charge in [0.1, 0.15) is 18.1 Å². The molecule has 12 nitrogen and oxygen atoms in total. The highest BCUT2D eigenvalue weighted by molar-refractivity contribution is 7.47. The van der Waals surface area contributed by atoms with Crippen molar-refractivity contribution in [3.63, 3.8) is 0 Å². The number of allylic oxidation sites excluding steroid dienone is 5. The first-order valence-electron chi connectivity index (χ1n) is 24.0. The van der Waals surface area contributed by atoms with Crippen LogP contribution in [0, 0.1) is 13.8 Å². The quantitative estimate of drug-likeness (QED) is 0.0211. The summed E-state index contributed by atoms with van der Waals surface area (Å²) in [6.07, 6.45) is 33.1. The SMILES string of the molecule is CCCCC/C=C\C/C=C\C/C=C\CC(O)C(O)CCCC(=O)O[C@H](COC(=O)CCCCCCCCCCCCc1oc(CCCCC)c(C)c1C)COP(=O)(O)OCCN. The number of hydrogen-bond acceptors (Lipinski definition) is 11. The van der Waals surface area contributed by atoms with Crippen LogP contribution in [0.5, 0.6) is 0 Å². The minimum Gasteiger partial charge on any atom is -0.466 e. The van der Waals surface area contributed by atoms with Crippen molar-refractivity contribution in [2.45, 2.75) is 213 Å². The zero-order valence-corrected chi connectivity index (χ0v) is 39.9. The number of rotatable bonds is 41. The van der Waals surface area contributed by atoms with Crippen LogP contribution in [-0.2, 0) is 45.5 Å². The normalized spacial score (nSPS) is 14.5. The molecule has 0 aliphatic heterocycles. The van der Waals surface area contributed by atoms with Gasteiger partial charge in [0.25, 0.3) is 0 Å². The van der Waals surface area contributed by atoms with E-state index in [9.17, 15) is 29.3 Å².